The standard InChI is InChI=1S/C14H23N3O5/c1-14(2,6-9(15)19)5-4-10(20)17(3)11-8(18)7-22-12(11)13(16)21/h11-12H,4-7H2,1-3H3,(H2,15,19)(H2,16,21)/t11?,12-/m0/s1. The number of hydrogen-bond acceptors (Lipinski definition) is 5. The molecule has 0 aromatic rings. The molecule has 0 saturated carbocycles. The van der Waals surface area contributed by atoms with E-state index in [1.54, 1.807) is 0 Å². The van der Waals surface area contributed by atoms with Gasteiger partial charge in [-0.1, -0.05) is 13.8 Å². The Labute approximate surface area is 129 Å². The van der Waals surface area contributed by atoms with Crippen molar-refractivity contribution in [3.05, 3.63) is 0 Å². The van der Waals surface area contributed by atoms with Crippen molar-refractivity contribution in [2.75, 3.05) is 13.7 Å². The molecule has 1 aliphatic rings. The highest BCUT2D eigenvalue weighted by atomic mass is 16.5. The van der Waals surface area contributed by atoms with Crippen LogP contribution in [0.4, 0.5) is 0 Å². The minimum Gasteiger partial charge on any atom is -0.370 e. The van der Waals surface area contributed by atoms with Crippen LogP contribution in [0.15, 0.2) is 0 Å². The Balaban J connectivity index is 2.66. The molecule has 0 bridgehead atoms. The predicted molar refractivity (Wildman–Crippen MR) is 77.3 cm³/mol. The number of ketones is 1. The molecule has 8 heteroatoms. The van der Waals surface area contributed by atoms with Crippen molar-refractivity contribution in [3.8, 4) is 0 Å². The van der Waals surface area contributed by atoms with Gasteiger partial charge in [-0.25, -0.2) is 0 Å². The molecule has 1 rings (SSSR count). The van der Waals surface area contributed by atoms with Crippen molar-refractivity contribution in [2.45, 2.75) is 45.3 Å². The lowest BCUT2D eigenvalue weighted by Gasteiger charge is -2.28. The molecule has 1 unspecified atom stereocenters. The number of Topliss-reactive ketones (excluding diaryl/α,β-unsaturated/α-hetero) is 1. The van der Waals surface area contributed by atoms with Gasteiger partial charge in [-0.15, -0.1) is 0 Å². The summed E-state index contributed by atoms with van der Waals surface area (Å²) in [5.41, 5.74) is 9.93. The molecule has 1 saturated heterocycles. The summed E-state index contributed by atoms with van der Waals surface area (Å²) in [5, 5.41) is 0. The highest BCUT2D eigenvalue weighted by molar-refractivity contribution is 5.98. The Hall–Kier alpha value is -1.96. The van der Waals surface area contributed by atoms with Crippen LogP contribution in [0, 0.1) is 5.41 Å². The van der Waals surface area contributed by atoms with Crippen LogP contribution >= 0.6 is 0 Å². The molecule has 1 fully saturated rings. The minimum absolute atomic E-state index is 0.131. The van der Waals surface area contributed by atoms with Crippen molar-refractivity contribution in [2.24, 2.45) is 16.9 Å². The Morgan fingerprint density at radius 1 is 1.32 bits per heavy atom. The lowest BCUT2D eigenvalue weighted by atomic mass is 9.84. The van der Waals surface area contributed by atoms with E-state index < -0.39 is 29.4 Å². The van der Waals surface area contributed by atoms with E-state index in [0.29, 0.717) is 6.42 Å². The first-order valence-corrected chi connectivity index (χ1v) is 7.03. The topological polar surface area (TPSA) is 133 Å². The maximum absolute atomic E-state index is 12.2. The first-order chi connectivity index (χ1) is 10.0. The van der Waals surface area contributed by atoms with E-state index in [9.17, 15) is 19.2 Å². The molecule has 124 valence electrons. The third-order valence-electron chi connectivity index (χ3n) is 3.78. The molecule has 8 nitrogen and oxygen atoms in total. The second-order valence-electron chi connectivity index (χ2n) is 6.36. The van der Waals surface area contributed by atoms with Crippen molar-refractivity contribution in [1.82, 2.24) is 4.90 Å². The van der Waals surface area contributed by atoms with Gasteiger partial charge < -0.3 is 21.1 Å². The van der Waals surface area contributed by atoms with Gasteiger partial charge in [0.05, 0.1) is 0 Å². The fourth-order valence-electron chi connectivity index (χ4n) is 2.51. The molecule has 0 spiro atoms. The molecule has 0 radical (unpaired) electrons. The number of primary amides is 2. The number of carbonyl (C=O) groups is 4. The summed E-state index contributed by atoms with van der Waals surface area (Å²) in [5.74, 6) is -1.87. The Morgan fingerprint density at radius 3 is 2.41 bits per heavy atom. The number of rotatable bonds is 7. The van der Waals surface area contributed by atoms with E-state index >= 15 is 0 Å². The quantitative estimate of drug-likeness (QED) is 0.618. The first kappa shape index (κ1) is 18.1. The number of carbonyl (C=O) groups excluding carboxylic acids is 4. The highest BCUT2D eigenvalue weighted by Gasteiger charge is 2.43. The van der Waals surface area contributed by atoms with Crippen LogP contribution < -0.4 is 11.5 Å². The maximum atomic E-state index is 12.2. The van der Waals surface area contributed by atoms with Crippen molar-refractivity contribution in [3.63, 3.8) is 0 Å². The normalized spacial score (nSPS) is 21.7. The molecule has 0 aromatic carbocycles. The number of likely N-dealkylation sites (N-methyl/N-ethyl adjacent to an activating group) is 1. The zero-order valence-electron chi connectivity index (χ0n) is 13.1. The summed E-state index contributed by atoms with van der Waals surface area (Å²) in [7, 11) is 1.44. The number of ether oxygens (including phenoxy) is 1. The third kappa shape index (κ3) is 4.52. The highest BCUT2D eigenvalue weighted by Crippen LogP contribution is 2.27. The molecule has 3 amide bonds. The van der Waals surface area contributed by atoms with Crippen LogP contribution in [-0.2, 0) is 23.9 Å². The van der Waals surface area contributed by atoms with Gasteiger partial charge in [0.25, 0.3) is 0 Å². The lowest BCUT2D eigenvalue weighted by molar-refractivity contribution is -0.140. The van der Waals surface area contributed by atoms with Gasteiger partial charge in [-0.3, -0.25) is 19.2 Å². The van der Waals surface area contributed by atoms with Crippen molar-refractivity contribution < 1.29 is 23.9 Å². The lowest BCUT2D eigenvalue weighted by Crippen LogP contribution is -2.50. The molecule has 1 aliphatic heterocycles. The van der Waals surface area contributed by atoms with Gasteiger partial charge in [0, 0.05) is 19.9 Å². The van der Waals surface area contributed by atoms with Gasteiger partial charge in [-0.05, 0) is 11.8 Å². The van der Waals surface area contributed by atoms with Crippen LogP contribution in [0.3, 0.4) is 0 Å². The average molecular weight is 313 g/mol. The molecular weight excluding hydrogens is 290 g/mol. The second-order valence-corrected chi connectivity index (χ2v) is 6.36. The molecule has 0 aliphatic carbocycles. The zero-order valence-corrected chi connectivity index (χ0v) is 13.1. The summed E-state index contributed by atoms with van der Waals surface area (Å²) < 4.78 is 5.03. The molecule has 1 heterocycles. The maximum Gasteiger partial charge on any atom is 0.249 e. The van der Waals surface area contributed by atoms with E-state index in [-0.39, 0.29) is 31.1 Å². The van der Waals surface area contributed by atoms with Crippen molar-refractivity contribution >= 4 is 23.5 Å². The fraction of sp³-hybridized carbons (Fsp3) is 0.714. The smallest absolute Gasteiger partial charge is 0.249 e. The fourth-order valence-corrected chi connectivity index (χ4v) is 2.51. The number of nitrogens with two attached hydrogens (primary N) is 2. The first-order valence-electron chi connectivity index (χ1n) is 7.03. The van der Waals surface area contributed by atoms with Crippen molar-refractivity contribution in [1.29, 1.82) is 0 Å². The largest absolute Gasteiger partial charge is 0.370 e. The molecular formula is C14H23N3O5. The Bertz CT molecular complexity index is 489. The van der Waals surface area contributed by atoms with Gasteiger partial charge in [0.15, 0.2) is 11.9 Å². The van der Waals surface area contributed by atoms with E-state index in [1.807, 2.05) is 13.8 Å². The minimum atomic E-state index is -1.11. The zero-order chi connectivity index (χ0) is 17.1. The second kappa shape index (κ2) is 6.87. The Morgan fingerprint density at radius 2 is 1.91 bits per heavy atom. The van der Waals surface area contributed by atoms with Gasteiger partial charge in [0.2, 0.25) is 17.7 Å². The summed E-state index contributed by atoms with van der Waals surface area (Å²) in [6.07, 6.45) is -0.381. The monoisotopic (exact) mass is 313 g/mol. The number of nitrogens with zero attached hydrogens (tertiary/aromatic N) is 1. The van der Waals surface area contributed by atoms with Crippen LogP contribution in [0.25, 0.3) is 0 Å². The van der Waals surface area contributed by atoms with Gasteiger partial charge in [0.1, 0.15) is 12.6 Å². The number of amides is 3. The summed E-state index contributed by atoms with van der Waals surface area (Å²) >= 11 is 0. The summed E-state index contributed by atoms with van der Waals surface area (Å²) in [6, 6.07) is -0.982. The number of hydrogen-bond donors (Lipinski definition) is 2. The summed E-state index contributed by atoms with van der Waals surface area (Å²) in [4.78, 5) is 47.5. The van der Waals surface area contributed by atoms with E-state index in [0.717, 1.165) is 0 Å². The molecule has 22 heavy (non-hydrogen) atoms. The third-order valence-corrected chi connectivity index (χ3v) is 3.78. The van der Waals surface area contributed by atoms with Crippen LogP contribution in [0.5, 0.6) is 0 Å². The van der Waals surface area contributed by atoms with Gasteiger partial charge in [-0.2, -0.15) is 0 Å². The molecule has 0 aromatic heterocycles. The summed E-state index contributed by atoms with van der Waals surface area (Å²) in [6.45, 7) is 3.44. The van der Waals surface area contributed by atoms with Crippen LogP contribution in [-0.4, -0.2) is 54.2 Å². The van der Waals surface area contributed by atoms with E-state index in [2.05, 4.69) is 0 Å². The van der Waals surface area contributed by atoms with Crippen LogP contribution in [0.2, 0.25) is 0 Å². The van der Waals surface area contributed by atoms with Gasteiger partial charge >= 0.3 is 0 Å². The molecule has 4 N–H and O–H groups in total. The molecule has 2 atom stereocenters. The SMILES string of the molecule is CN(C(=O)CCC(C)(C)CC(N)=O)C1C(=O)CO[C@@H]1C(N)=O. The average Bonchev–Trinajstić information content (AvgIpc) is 2.75. The predicted octanol–water partition coefficient (Wildman–Crippen LogP) is -1.05. The van der Waals surface area contributed by atoms with Crippen LogP contribution in [0.1, 0.15) is 33.1 Å². The van der Waals surface area contributed by atoms with E-state index in [1.165, 1.54) is 11.9 Å². The Kier molecular flexibility index (Phi) is 5.65. The van der Waals surface area contributed by atoms with E-state index in [4.69, 9.17) is 16.2 Å².